The molecular formula is C19H23NO2S. The van der Waals surface area contributed by atoms with Gasteiger partial charge in [0.05, 0.1) is 12.6 Å². The van der Waals surface area contributed by atoms with Crippen molar-refractivity contribution >= 4 is 17.2 Å². The van der Waals surface area contributed by atoms with Gasteiger partial charge in [-0.15, -0.1) is 11.3 Å². The van der Waals surface area contributed by atoms with Gasteiger partial charge in [0.1, 0.15) is 0 Å². The van der Waals surface area contributed by atoms with E-state index in [0.717, 1.165) is 31.4 Å². The van der Waals surface area contributed by atoms with Crippen molar-refractivity contribution in [1.29, 1.82) is 0 Å². The predicted molar refractivity (Wildman–Crippen MR) is 93.9 cm³/mol. The van der Waals surface area contributed by atoms with Crippen LogP contribution in [0.5, 0.6) is 0 Å². The van der Waals surface area contributed by atoms with Crippen molar-refractivity contribution < 1.29 is 9.53 Å². The molecule has 0 N–H and O–H groups in total. The summed E-state index contributed by atoms with van der Waals surface area (Å²) in [7, 11) is 0. The third-order valence-electron chi connectivity index (χ3n) is 4.27. The highest BCUT2D eigenvalue weighted by molar-refractivity contribution is 7.09. The summed E-state index contributed by atoms with van der Waals surface area (Å²) in [6, 6.07) is 12.1. The topological polar surface area (TPSA) is 29.5 Å². The lowest BCUT2D eigenvalue weighted by Crippen LogP contribution is -2.36. The molecule has 0 radical (unpaired) electrons. The number of carbonyl (C=O) groups is 1. The first-order valence-corrected chi connectivity index (χ1v) is 9.16. The van der Waals surface area contributed by atoms with Gasteiger partial charge in [-0.25, -0.2) is 0 Å². The normalized spacial score (nSPS) is 17.3. The zero-order valence-corrected chi connectivity index (χ0v) is 14.3. The van der Waals surface area contributed by atoms with Crippen LogP contribution in [-0.2, 0) is 17.7 Å². The van der Waals surface area contributed by atoms with Crippen LogP contribution in [0.2, 0.25) is 0 Å². The highest BCUT2D eigenvalue weighted by Crippen LogP contribution is 2.19. The van der Waals surface area contributed by atoms with E-state index in [0.29, 0.717) is 13.1 Å². The maximum Gasteiger partial charge on any atom is 0.254 e. The Morgan fingerprint density at radius 1 is 1.30 bits per heavy atom. The Balaban J connectivity index is 1.75. The molecule has 1 amide bonds. The number of thiophene rings is 1. The maximum absolute atomic E-state index is 12.9. The lowest BCUT2D eigenvalue weighted by atomic mass is 10.1. The molecule has 0 spiro atoms. The molecule has 0 saturated carbocycles. The molecule has 1 atom stereocenters. The molecule has 1 unspecified atom stereocenters. The number of aryl methyl sites for hydroxylation is 1. The minimum Gasteiger partial charge on any atom is -0.376 e. The van der Waals surface area contributed by atoms with Gasteiger partial charge in [-0.3, -0.25) is 4.79 Å². The van der Waals surface area contributed by atoms with Gasteiger partial charge >= 0.3 is 0 Å². The first kappa shape index (κ1) is 16.2. The Hall–Kier alpha value is -1.65. The lowest BCUT2D eigenvalue weighted by molar-refractivity contribution is 0.0509. The van der Waals surface area contributed by atoms with Crippen LogP contribution in [-0.4, -0.2) is 30.1 Å². The van der Waals surface area contributed by atoms with Gasteiger partial charge < -0.3 is 9.64 Å². The van der Waals surface area contributed by atoms with E-state index in [9.17, 15) is 4.79 Å². The number of amides is 1. The summed E-state index contributed by atoms with van der Waals surface area (Å²) >= 11 is 1.69. The van der Waals surface area contributed by atoms with Crippen LogP contribution in [0.25, 0.3) is 0 Å². The zero-order valence-electron chi connectivity index (χ0n) is 13.5. The van der Waals surface area contributed by atoms with Crippen LogP contribution in [0.4, 0.5) is 0 Å². The van der Waals surface area contributed by atoms with E-state index < -0.39 is 0 Å². The Labute approximate surface area is 141 Å². The van der Waals surface area contributed by atoms with E-state index in [1.165, 1.54) is 10.4 Å². The maximum atomic E-state index is 12.9. The van der Waals surface area contributed by atoms with E-state index in [1.807, 2.05) is 35.2 Å². The van der Waals surface area contributed by atoms with Crippen molar-refractivity contribution in [3.8, 4) is 0 Å². The minimum atomic E-state index is 0.0940. The number of hydrogen-bond acceptors (Lipinski definition) is 3. The van der Waals surface area contributed by atoms with Crippen molar-refractivity contribution in [2.45, 2.75) is 38.8 Å². The number of hydrogen-bond donors (Lipinski definition) is 0. The van der Waals surface area contributed by atoms with Gasteiger partial charge in [0.15, 0.2) is 0 Å². The van der Waals surface area contributed by atoms with Gasteiger partial charge in [0, 0.05) is 23.6 Å². The number of ether oxygens (including phenoxy) is 1. The van der Waals surface area contributed by atoms with E-state index >= 15 is 0 Å². The summed E-state index contributed by atoms with van der Waals surface area (Å²) < 4.78 is 5.73. The summed E-state index contributed by atoms with van der Waals surface area (Å²) in [4.78, 5) is 16.1. The SMILES string of the molecule is CCc1ccc(C(=O)N(Cc2cccs2)CC2CCCO2)cc1. The Bertz CT molecular complexity index is 615. The van der Waals surface area contributed by atoms with E-state index in [1.54, 1.807) is 11.3 Å². The molecule has 1 aromatic carbocycles. The average molecular weight is 329 g/mol. The van der Waals surface area contributed by atoms with Gasteiger partial charge in [0.25, 0.3) is 5.91 Å². The standard InChI is InChI=1S/C19H23NO2S/c1-2-15-7-9-16(10-8-15)19(21)20(13-17-5-3-11-22-17)14-18-6-4-12-23-18/h4,6-10,12,17H,2-3,5,11,13-14H2,1H3. The molecule has 23 heavy (non-hydrogen) atoms. The fourth-order valence-electron chi connectivity index (χ4n) is 2.91. The van der Waals surface area contributed by atoms with Gasteiger partial charge in [-0.1, -0.05) is 25.1 Å². The minimum absolute atomic E-state index is 0.0940. The van der Waals surface area contributed by atoms with E-state index in [2.05, 4.69) is 18.4 Å². The summed E-state index contributed by atoms with van der Waals surface area (Å²) in [5, 5.41) is 2.06. The molecule has 2 heterocycles. The summed E-state index contributed by atoms with van der Waals surface area (Å²) in [6.07, 6.45) is 3.30. The molecule has 2 aromatic rings. The van der Waals surface area contributed by atoms with Gasteiger partial charge in [0.2, 0.25) is 0 Å². The lowest BCUT2D eigenvalue weighted by Gasteiger charge is -2.25. The average Bonchev–Trinajstić information content (AvgIpc) is 3.27. The predicted octanol–water partition coefficient (Wildman–Crippen LogP) is 4.13. The molecule has 0 bridgehead atoms. The second-order valence-electron chi connectivity index (χ2n) is 5.95. The van der Waals surface area contributed by atoms with Crippen molar-refractivity contribution in [2.75, 3.05) is 13.2 Å². The van der Waals surface area contributed by atoms with Crippen LogP contribution >= 0.6 is 11.3 Å². The molecule has 4 heteroatoms. The van der Waals surface area contributed by atoms with Crippen molar-refractivity contribution in [1.82, 2.24) is 4.90 Å². The molecule has 0 aliphatic carbocycles. The quantitative estimate of drug-likeness (QED) is 0.797. The second kappa shape index (κ2) is 7.75. The largest absolute Gasteiger partial charge is 0.376 e. The molecule has 1 aromatic heterocycles. The van der Waals surface area contributed by atoms with Crippen LogP contribution < -0.4 is 0 Å². The van der Waals surface area contributed by atoms with Crippen LogP contribution in [0.15, 0.2) is 41.8 Å². The summed E-state index contributed by atoms with van der Waals surface area (Å²) in [5.41, 5.74) is 2.02. The monoisotopic (exact) mass is 329 g/mol. The highest BCUT2D eigenvalue weighted by Gasteiger charge is 2.23. The van der Waals surface area contributed by atoms with Crippen LogP contribution in [0.3, 0.4) is 0 Å². The highest BCUT2D eigenvalue weighted by atomic mass is 32.1. The van der Waals surface area contributed by atoms with Crippen LogP contribution in [0.1, 0.15) is 40.6 Å². The number of nitrogens with zero attached hydrogens (tertiary/aromatic N) is 1. The number of benzene rings is 1. The first-order valence-electron chi connectivity index (χ1n) is 8.28. The first-order chi connectivity index (χ1) is 11.3. The third kappa shape index (κ3) is 4.21. The summed E-state index contributed by atoms with van der Waals surface area (Å²) in [6.45, 7) is 4.27. The molecule has 122 valence electrons. The van der Waals surface area contributed by atoms with Crippen molar-refractivity contribution in [3.63, 3.8) is 0 Å². The Morgan fingerprint density at radius 3 is 2.74 bits per heavy atom. The van der Waals surface area contributed by atoms with Crippen molar-refractivity contribution in [2.24, 2.45) is 0 Å². The fraction of sp³-hybridized carbons (Fsp3) is 0.421. The molecular weight excluding hydrogens is 306 g/mol. The number of rotatable bonds is 6. The molecule has 3 nitrogen and oxygen atoms in total. The third-order valence-corrected chi connectivity index (χ3v) is 5.13. The fourth-order valence-corrected chi connectivity index (χ4v) is 3.63. The van der Waals surface area contributed by atoms with Crippen molar-refractivity contribution in [3.05, 3.63) is 57.8 Å². The van der Waals surface area contributed by atoms with E-state index in [4.69, 9.17) is 4.74 Å². The summed E-state index contributed by atoms with van der Waals surface area (Å²) in [5.74, 6) is 0.0940. The molecule has 1 aliphatic heterocycles. The Morgan fingerprint density at radius 2 is 2.13 bits per heavy atom. The van der Waals surface area contributed by atoms with Gasteiger partial charge in [-0.2, -0.15) is 0 Å². The molecule has 1 fully saturated rings. The second-order valence-corrected chi connectivity index (χ2v) is 6.98. The zero-order chi connectivity index (χ0) is 16.1. The number of carbonyl (C=O) groups excluding carboxylic acids is 1. The molecule has 1 saturated heterocycles. The smallest absolute Gasteiger partial charge is 0.254 e. The van der Waals surface area contributed by atoms with Gasteiger partial charge in [-0.05, 0) is 48.4 Å². The molecule has 1 aliphatic rings. The van der Waals surface area contributed by atoms with Crippen LogP contribution in [0, 0.1) is 0 Å². The molecule has 3 rings (SSSR count). The van der Waals surface area contributed by atoms with E-state index in [-0.39, 0.29) is 12.0 Å². The Kier molecular flexibility index (Phi) is 5.47.